The zero-order valence-electron chi connectivity index (χ0n) is 10.8. The van der Waals surface area contributed by atoms with Gasteiger partial charge in [-0.15, -0.1) is 0 Å². The van der Waals surface area contributed by atoms with Crippen molar-refractivity contribution in [1.82, 2.24) is 0 Å². The summed E-state index contributed by atoms with van der Waals surface area (Å²) in [6.07, 6.45) is 8.16. The van der Waals surface area contributed by atoms with Crippen molar-refractivity contribution in [3.05, 3.63) is 59.2 Å². The monoisotopic (exact) mass is 248 g/mol. The smallest absolute Gasteiger partial charge is 0.129 e. The minimum absolute atomic E-state index is 0.0375. The van der Waals surface area contributed by atoms with E-state index in [0.29, 0.717) is 11.5 Å². The van der Waals surface area contributed by atoms with Crippen LogP contribution < -0.4 is 0 Å². The average molecular weight is 248 g/mol. The van der Waals surface area contributed by atoms with Gasteiger partial charge in [-0.2, -0.15) is 0 Å². The molecular formula is C16H18F2. The van der Waals surface area contributed by atoms with E-state index in [2.05, 4.69) is 26.0 Å². The van der Waals surface area contributed by atoms with E-state index in [0.717, 1.165) is 18.9 Å². The topological polar surface area (TPSA) is 0 Å². The Labute approximate surface area is 107 Å². The van der Waals surface area contributed by atoms with Crippen LogP contribution in [0.5, 0.6) is 0 Å². The highest BCUT2D eigenvalue weighted by Gasteiger charge is 2.23. The number of benzene rings is 1. The highest BCUT2D eigenvalue weighted by atomic mass is 19.1. The molecule has 2 heteroatoms. The second-order valence-electron chi connectivity index (χ2n) is 5.10. The van der Waals surface area contributed by atoms with Crippen LogP contribution in [0.3, 0.4) is 0 Å². The van der Waals surface area contributed by atoms with Gasteiger partial charge in [-0.05, 0) is 30.4 Å². The molecule has 1 aliphatic carbocycles. The summed E-state index contributed by atoms with van der Waals surface area (Å²) in [5.41, 5.74) is 1.84. The van der Waals surface area contributed by atoms with Gasteiger partial charge in [0, 0.05) is 12.0 Å². The summed E-state index contributed by atoms with van der Waals surface area (Å²) in [7, 11) is 0. The minimum Gasteiger partial charge on any atom is -0.207 e. The molecule has 0 aliphatic heterocycles. The third-order valence-corrected chi connectivity index (χ3v) is 3.41. The molecule has 96 valence electrons. The van der Waals surface area contributed by atoms with Gasteiger partial charge in [0.2, 0.25) is 0 Å². The molecule has 1 unspecified atom stereocenters. The van der Waals surface area contributed by atoms with Crippen molar-refractivity contribution in [1.29, 1.82) is 0 Å². The van der Waals surface area contributed by atoms with Crippen LogP contribution >= 0.6 is 0 Å². The maximum Gasteiger partial charge on any atom is 0.129 e. The van der Waals surface area contributed by atoms with Crippen molar-refractivity contribution < 1.29 is 8.78 Å². The van der Waals surface area contributed by atoms with Gasteiger partial charge in [-0.1, -0.05) is 43.7 Å². The van der Waals surface area contributed by atoms with E-state index < -0.39 is 11.6 Å². The molecule has 0 fully saturated rings. The SMILES string of the molecule is CC(C)C(C1=CC=CCC1)c1ccc(F)cc1F. The normalized spacial score (nSPS) is 16.8. The second-order valence-corrected chi connectivity index (χ2v) is 5.10. The van der Waals surface area contributed by atoms with E-state index >= 15 is 0 Å². The van der Waals surface area contributed by atoms with Crippen LogP contribution in [-0.2, 0) is 0 Å². The zero-order chi connectivity index (χ0) is 13.1. The summed E-state index contributed by atoms with van der Waals surface area (Å²) in [5.74, 6) is -0.626. The number of rotatable bonds is 3. The Morgan fingerprint density at radius 1 is 1.17 bits per heavy atom. The van der Waals surface area contributed by atoms with Crippen molar-refractivity contribution in [3.8, 4) is 0 Å². The molecule has 0 nitrogen and oxygen atoms in total. The molecule has 0 amide bonds. The Bertz CT molecular complexity index is 484. The van der Waals surface area contributed by atoms with Crippen LogP contribution in [0.1, 0.15) is 38.2 Å². The lowest BCUT2D eigenvalue weighted by atomic mass is 9.79. The van der Waals surface area contributed by atoms with Crippen LogP contribution in [0, 0.1) is 17.6 Å². The van der Waals surface area contributed by atoms with Gasteiger partial charge in [-0.3, -0.25) is 0 Å². The standard InChI is InChI=1S/C16H18F2/c1-11(2)16(12-6-4-3-5-7-12)14-9-8-13(17)10-15(14)18/h3-4,6,8-11,16H,5,7H2,1-2H3. The predicted molar refractivity (Wildman–Crippen MR) is 70.4 cm³/mol. The third kappa shape index (κ3) is 2.69. The lowest BCUT2D eigenvalue weighted by Crippen LogP contribution is -2.13. The van der Waals surface area contributed by atoms with Crippen molar-refractivity contribution in [3.63, 3.8) is 0 Å². The molecule has 1 atom stereocenters. The quantitative estimate of drug-likeness (QED) is 0.707. The van der Waals surface area contributed by atoms with E-state index in [1.165, 1.54) is 11.6 Å². The van der Waals surface area contributed by atoms with Crippen molar-refractivity contribution in [2.24, 2.45) is 5.92 Å². The molecule has 18 heavy (non-hydrogen) atoms. The third-order valence-electron chi connectivity index (χ3n) is 3.41. The molecule has 0 bridgehead atoms. The summed E-state index contributed by atoms with van der Waals surface area (Å²) in [6.45, 7) is 4.15. The Morgan fingerprint density at radius 2 is 1.94 bits per heavy atom. The first-order valence-electron chi connectivity index (χ1n) is 6.40. The highest BCUT2D eigenvalue weighted by Crippen LogP contribution is 2.37. The first-order valence-corrected chi connectivity index (χ1v) is 6.40. The average Bonchev–Trinajstić information content (AvgIpc) is 2.33. The van der Waals surface area contributed by atoms with E-state index in [4.69, 9.17) is 0 Å². The van der Waals surface area contributed by atoms with E-state index in [-0.39, 0.29) is 5.92 Å². The van der Waals surface area contributed by atoms with Gasteiger partial charge in [0.25, 0.3) is 0 Å². The van der Waals surface area contributed by atoms with Crippen LogP contribution in [0.25, 0.3) is 0 Å². The summed E-state index contributed by atoms with van der Waals surface area (Å²) in [5, 5.41) is 0. The van der Waals surface area contributed by atoms with Crippen LogP contribution in [-0.4, -0.2) is 0 Å². The minimum atomic E-state index is -0.517. The second kappa shape index (κ2) is 5.47. The van der Waals surface area contributed by atoms with Gasteiger partial charge < -0.3 is 0 Å². The molecule has 0 N–H and O–H groups in total. The van der Waals surface area contributed by atoms with Gasteiger partial charge in [0.05, 0.1) is 0 Å². The molecular weight excluding hydrogens is 230 g/mol. The molecule has 1 aromatic rings. The van der Waals surface area contributed by atoms with Gasteiger partial charge >= 0.3 is 0 Å². The molecule has 0 saturated carbocycles. The fourth-order valence-electron chi connectivity index (χ4n) is 2.62. The highest BCUT2D eigenvalue weighted by molar-refractivity contribution is 5.34. The molecule has 0 radical (unpaired) electrons. The van der Waals surface area contributed by atoms with Crippen molar-refractivity contribution >= 4 is 0 Å². The Balaban J connectivity index is 2.41. The lowest BCUT2D eigenvalue weighted by Gasteiger charge is -2.26. The molecule has 1 aromatic carbocycles. The van der Waals surface area contributed by atoms with Crippen molar-refractivity contribution in [2.75, 3.05) is 0 Å². The first kappa shape index (κ1) is 13.0. The number of allylic oxidation sites excluding steroid dienone is 4. The molecule has 2 rings (SSSR count). The molecule has 0 saturated heterocycles. The van der Waals surface area contributed by atoms with E-state index in [9.17, 15) is 8.78 Å². The summed E-state index contributed by atoms with van der Waals surface area (Å²) in [4.78, 5) is 0. The number of hydrogen-bond donors (Lipinski definition) is 0. The zero-order valence-corrected chi connectivity index (χ0v) is 10.8. The summed E-state index contributed by atoms with van der Waals surface area (Å²) in [6, 6.07) is 3.89. The Hall–Kier alpha value is -1.44. The summed E-state index contributed by atoms with van der Waals surface area (Å²) < 4.78 is 26.9. The van der Waals surface area contributed by atoms with Gasteiger partial charge in [-0.25, -0.2) is 8.78 Å². The largest absolute Gasteiger partial charge is 0.207 e. The maximum atomic E-state index is 13.9. The van der Waals surface area contributed by atoms with Crippen LogP contribution in [0.15, 0.2) is 42.0 Å². The molecule has 0 aromatic heterocycles. The molecule has 0 heterocycles. The predicted octanol–water partition coefficient (Wildman–Crippen LogP) is 4.98. The van der Waals surface area contributed by atoms with Gasteiger partial charge in [0.1, 0.15) is 11.6 Å². The summed E-state index contributed by atoms with van der Waals surface area (Å²) >= 11 is 0. The van der Waals surface area contributed by atoms with Crippen LogP contribution in [0.2, 0.25) is 0 Å². The fourth-order valence-corrected chi connectivity index (χ4v) is 2.62. The number of hydrogen-bond acceptors (Lipinski definition) is 0. The first-order chi connectivity index (χ1) is 8.59. The van der Waals surface area contributed by atoms with Crippen molar-refractivity contribution in [2.45, 2.75) is 32.6 Å². The van der Waals surface area contributed by atoms with E-state index in [1.807, 2.05) is 6.08 Å². The Morgan fingerprint density at radius 3 is 2.50 bits per heavy atom. The molecule has 1 aliphatic rings. The van der Waals surface area contributed by atoms with Gasteiger partial charge in [0.15, 0.2) is 0 Å². The lowest BCUT2D eigenvalue weighted by molar-refractivity contribution is 0.499. The van der Waals surface area contributed by atoms with Crippen LogP contribution in [0.4, 0.5) is 8.78 Å². The van der Waals surface area contributed by atoms with E-state index in [1.54, 1.807) is 6.07 Å². The Kier molecular flexibility index (Phi) is 3.95. The maximum absolute atomic E-state index is 13.9. The number of halogens is 2. The molecule has 0 spiro atoms. The fraction of sp³-hybridized carbons (Fsp3) is 0.375.